The molecule has 2 N–H and O–H groups in total. The summed E-state index contributed by atoms with van der Waals surface area (Å²) in [6.07, 6.45) is -4.74. The Morgan fingerprint density at radius 2 is 1.82 bits per heavy atom. The van der Waals surface area contributed by atoms with Crippen molar-refractivity contribution in [3.63, 3.8) is 0 Å². The molecule has 0 unspecified atom stereocenters. The zero-order chi connectivity index (χ0) is 9.49. The molecule has 0 atom stereocenters. The molecular formula is C5H10F3NO2. The quantitative estimate of drug-likeness (QED) is 0.553. The molecule has 0 aliphatic rings. The van der Waals surface area contributed by atoms with Crippen molar-refractivity contribution in [2.24, 2.45) is 0 Å². The van der Waals surface area contributed by atoms with E-state index >= 15 is 0 Å². The van der Waals surface area contributed by atoms with Crippen LogP contribution < -0.4 is 5.32 Å². The van der Waals surface area contributed by atoms with E-state index in [-0.39, 0.29) is 6.61 Å². The molecule has 0 aliphatic carbocycles. The van der Waals surface area contributed by atoms with Crippen molar-refractivity contribution in [1.82, 2.24) is 5.32 Å². The summed E-state index contributed by atoms with van der Waals surface area (Å²) in [6.45, 7) is 1.93. The van der Waals surface area contributed by atoms with Crippen LogP contribution >= 0.6 is 0 Å². The lowest BCUT2D eigenvalue weighted by molar-refractivity contribution is -0.172. The molecule has 0 aromatic heterocycles. The van der Waals surface area contributed by atoms with Gasteiger partial charge in [-0.25, -0.2) is 0 Å². The van der Waals surface area contributed by atoms with Crippen molar-refractivity contribution in [1.29, 1.82) is 0 Å². The number of rotatable bonds is 0. The average molecular weight is 173 g/mol. The number of hydrogen-bond donors (Lipinski definition) is 2. The summed E-state index contributed by atoms with van der Waals surface area (Å²) < 4.78 is 33.1. The Kier molecular flexibility index (Phi) is 6.97. The van der Waals surface area contributed by atoms with Gasteiger partial charge < -0.3 is 10.4 Å². The zero-order valence-corrected chi connectivity index (χ0v) is 6.20. The number of hydrogen-bond acceptors (Lipinski definition) is 2. The first-order valence-corrected chi connectivity index (χ1v) is 2.79. The highest BCUT2D eigenvalue weighted by molar-refractivity contribution is 5.81. The van der Waals surface area contributed by atoms with Crippen molar-refractivity contribution >= 4 is 5.91 Å². The lowest BCUT2D eigenvalue weighted by Gasteiger charge is -2.00. The van der Waals surface area contributed by atoms with E-state index in [2.05, 4.69) is 0 Å². The molecule has 0 saturated carbocycles. The van der Waals surface area contributed by atoms with Gasteiger partial charge in [0.2, 0.25) is 0 Å². The smallest absolute Gasteiger partial charge is 0.397 e. The van der Waals surface area contributed by atoms with Gasteiger partial charge in [0.1, 0.15) is 0 Å². The van der Waals surface area contributed by atoms with Gasteiger partial charge in [-0.3, -0.25) is 4.79 Å². The van der Waals surface area contributed by atoms with Crippen LogP contribution in [0.3, 0.4) is 0 Å². The summed E-state index contributed by atoms with van der Waals surface area (Å²) >= 11 is 0. The normalized spacial score (nSPS) is 9.64. The SMILES string of the molecule is CCO.CNC(=O)C(F)(F)F. The van der Waals surface area contributed by atoms with Crippen LogP contribution in [-0.4, -0.2) is 30.8 Å². The Morgan fingerprint density at radius 1 is 1.55 bits per heavy atom. The van der Waals surface area contributed by atoms with Gasteiger partial charge in [0.25, 0.3) is 0 Å². The van der Waals surface area contributed by atoms with Gasteiger partial charge in [-0.1, -0.05) is 0 Å². The number of amides is 1. The van der Waals surface area contributed by atoms with Crippen molar-refractivity contribution in [2.75, 3.05) is 13.7 Å². The number of carbonyl (C=O) groups excluding carboxylic acids is 1. The number of carbonyl (C=O) groups is 1. The topological polar surface area (TPSA) is 49.3 Å². The molecule has 0 saturated heterocycles. The zero-order valence-electron chi connectivity index (χ0n) is 6.20. The third-order valence-corrected chi connectivity index (χ3v) is 0.485. The first kappa shape index (κ1) is 12.9. The van der Waals surface area contributed by atoms with Crippen molar-refractivity contribution in [2.45, 2.75) is 13.1 Å². The summed E-state index contributed by atoms with van der Waals surface area (Å²) in [7, 11) is 0.926. The van der Waals surface area contributed by atoms with Crippen LogP contribution in [0.5, 0.6) is 0 Å². The second-order valence-corrected chi connectivity index (χ2v) is 1.39. The highest BCUT2D eigenvalue weighted by Crippen LogP contribution is 2.13. The van der Waals surface area contributed by atoms with Crippen molar-refractivity contribution < 1.29 is 23.1 Å². The van der Waals surface area contributed by atoms with Crippen LogP contribution in [-0.2, 0) is 4.79 Å². The minimum absolute atomic E-state index is 0.250. The molecule has 1 amide bonds. The van der Waals surface area contributed by atoms with Crippen LogP contribution in [0, 0.1) is 0 Å². The molecule has 0 aromatic rings. The molecule has 0 radical (unpaired) electrons. The third-order valence-electron chi connectivity index (χ3n) is 0.485. The molecule has 0 spiro atoms. The molecule has 0 fully saturated rings. The van der Waals surface area contributed by atoms with E-state index in [9.17, 15) is 18.0 Å². The molecule has 0 aliphatic heterocycles. The van der Waals surface area contributed by atoms with Gasteiger partial charge in [-0.2, -0.15) is 13.2 Å². The number of nitrogens with one attached hydrogen (secondary N) is 1. The average Bonchev–Trinajstić information content (AvgIpc) is 1.86. The predicted molar refractivity (Wildman–Crippen MR) is 32.9 cm³/mol. The number of aliphatic hydroxyl groups is 1. The van der Waals surface area contributed by atoms with Crippen LogP contribution in [0.25, 0.3) is 0 Å². The Balaban J connectivity index is 0. The largest absolute Gasteiger partial charge is 0.471 e. The molecular weight excluding hydrogens is 163 g/mol. The highest BCUT2D eigenvalue weighted by Gasteiger charge is 2.37. The molecule has 11 heavy (non-hydrogen) atoms. The van der Waals surface area contributed by atoms with E-state index in [0.717, 1.165) is 7.05 Å². The fourth-order valence-electron chi connectivity index (χ4n) is 0.142. The Bertz CT molecular complexity index is 113. The number of alkyl halides is 3. The highest BCUT2D eigenvalue weighted by atomic mass is 19.4. The molecule has 68 valence electrons. The summed E-state index contributed by atoms with van der Waals surface area (Å²) in [5.74, 6) is -1.92. The second kappa shape index (κ2) is 5.96. The monoisotopic (exact) mass is 173 g/mol. The van der Waals surface area contributed by atoms with Crippen LogP contribution in [0.2, 0.25) is 0 Å². The van der Waals surface area contributed by atoms with E-state index in [1.54, 1.807) is 6.92 Å². The first-order valence-electron chi connectivity index (χ1n) is 2.79. The van der Waals surface area contributed by atoms with Crippen molar-refractivity contribution in [3.05, 3.63) is 0 Å². The van der Waals surface area contributed by atoms with Gasteiger partial charge >= 0.3 is 12.1 Å². The molecule has 0 heterocycles. The maximum absolute atomic E-state index is 11.0. The summed E-state index contributed by atoms with van der Waals surface area (Å²) in [6, 6.07) is 0. The molecule has 3 nitrogen and oxygen atoms in total. The molecule has 6 heteroatoms. The number of halogens is 3. The van der Waals surface area contributed by atoms with E-state index in [0.29, 0.717) is 0 Å². The Morgan fingerprint density at radius 3 is 1.82 bits per heavy atom. The molecule has 0 aromatic carbocycles. The lowest BCUT2D eigenvalue weighted by Crippen LogP contribution is -2.33. The van der Waals surface area contributed by atoms with Gasteiger partial charge in [-0.15, -0.1) is 0 Å². The summed E-state index contributed by atoms with van der Waals surface area (Å²) in [5.41, 5.74) is 0. The summed E-state index contributed by atoms with van der Waals surface area (Å²) in [4.78, 5) is 9.60. The second-order valence-electron chi connectivity index (χ2n) is 1.39. The van der Waals surface area contributed by atoms with Crippen LogP contribution in [0.1, 0.15) is 6.92 Å². The maximum atomic E-state index is 11.0. The third kappa shape index (κ3) is 9.22. The minimum Gasteiger partial charge on any atom is -0.397 e. The van der Waals surface area contributed by atoms with E-state index < -0.39 is 12.1 Å². The standard InChI is InChI=1S/C3H4F3NO.C2H6O/c1-7-2(8)3(4,5)6;1-2-3/h1H3,(H,7,8);3H,2H2,1H3. The van der Waals surface area contributed by atoms with E-state index in [4.69, 9.17) is 5.11 Å². The molecule has 0 rings (SSSR count). The molecule has 0 bridgehead atoms. The van der Waals surface area contributed by atoms with Gasteiger partial charge in [0, 0.05) is 13.7 Å². The fourth-order valence-corrected chi connectivity index (χ4v) is 0.142. The lowest BCUT2D eigenvalue weighted by atomic mass is 10.6. The summed E-state index contributed by atoms with van der Waals surface area (Å²) in [5, 5.41) is 9.01. The Labute approximate surface area is 62.2 Å². The minimum atomic E-state index is -4.74. The van der Waals surface area contributed by atoms with Gasteiger partial charge in [-0.05, 0) is 6.92 Å². The predicted octanol–water partition coefficient (Wildman–Crippen LogP) is 0.293. The van der Waals surface area contributed by atoms with Crippen LogP contribution in [0.4, 0.5) is 13.2 Å². The van der Waals surface area contributed by atoms with Crippen molar-refractivity contribution in [3.8, 4) is 0 Å². The van der Waals surface area contributed by atoms with E-state index in [1.807, 2.05) is 0 Å². The maximum Gasteiger partial charge on any atom is 0.471 e. The van der Waals surface area contributed by atoms with Gasteiger partial charge in [0.05, 0.1) is 0 Å². The van der Waals surface area contributed by atoms with E-state index in [1.165, 1.54) is 5.32 Å². The Hall–Kier alpha value is -0.780. The van der Waals surface area contributed by atoms with Crippen LogP contribution in [0.15, 0.2) is 0 Å². The first-order chi connectivity index (χ1) is 4.90. The fraction of sp³-hybridized carbons (Fsp3) is 0.800. The van der Waals surface area contributed by atoms with Gasteiger partial charge in [0.15, 0.2) is 0 Å². The number of aliphatic hydroxyl groups excluding tert-OH is 1.